The van der Waals surface area contributed by atoms with Crippen LogP contribution in [0.3, 0.4) is 0 Å². The van der Waals surface area contributed by atoms with Crippen LogP contribution in [0.1, 0.15) is 44.8 Å². The Labute approximate surface area is 178 Å². The number of aryl methyl sites for hydroxylation is 1. The molecule has 0 bridgehead atoms. The second-order valence-corrected chi connectivity index (χ2v) is 10.0. The predicted molar refractivity (Wildman–Crippen MR) is 116 cm³/mol. The molecule has 0 spiro atoms. The summed E-state index contributed by atoms with van der Waals surface area (Å²) in [5, 5.41) is 4.54. The van der Waals surface area contributed by atoms with Gasteiger partial charge in [-0.25, -0.2) is 13.1 Å². The van der Waals surface area contributed by atoms with Crippen LogP contribution in [-0.4, -0.2) is 31.6 Å². The number of hydrogen-bond donors (Lipinski definition) is 3. The van der Waals surface area contributed by atoms with Gasteiger partial charge in [-0.3, -0.25) is 9.59 Å². The van der Waals surface area contributed by atoms with Crippen molar-refractivity contribution in [1.29, 1.82) is 0 Å². The fourth-order valence-electron chi connectivity index (χ4n) is 3.48. The molecule has 4 rings (SSSR count). The van der Waals surface area contributed by atoms with Gasteiger partial charge in [0.15, 0.2) is 5.78 Å². The Morgan fingerprint density at radius 2 is 1.93 bits per heavy atom. The van der Waals surface area contributed by atoms with Crippen molar-refractivity contribution in [3.8, 4) is 0 Å². The summed E-state index contributed by atoms with van der Waals surface area (Å²) in [5.74, 6) is -0.317. The minimum absolute atomic E-state index is 0.00278. The molecule has 3 aromatic rings. The van der Waals surface area contributed by atoms with Crippen molar-refractivity contribution in [3.63, 3.8) is 0 Å². The molecule has 2 aromatic heterocycles. The highest BCUT2D eigenvalue weighted by molar-refractivity contribution is 7.91. The number of thiophene rings is 1. The van der Waals surface area contributed by atoms with Gasteiger partial charge in [-0.15, -0.1) is 11.3 Å². The summed E-state index contributed by atoms with van der Waals surface area (Å²) in [7, 11) is -3.47. The third-order valence-electron chi connectivity index (χ3n) is 4.99. The lowest BCUT2D eigenvalue weighted by molar-refractivity contribution is 0.0956. The van der Waals surface area contributed by atoms with Crippen LogP contribution >= 0.6 is 11.3 Å². The van der Waals surface area contributed by atoms with E-state index in [-0.39, 0.29) is 18.2 Å². The van der Waals surface area contributed by atoms with Gasteiger partial charge in [-0.05, 0) is 48.4 Å². The molecule has 0 aliphatic heterocycles. The molecule has 0 radical (unpaired) electrons. The summed E-state index contributed by atoms with van der Waals surface area (Å²) in [4.78, 5) is 27.8. The number of H-pyrrole nitrogens is 1. The number of amides is 1. The Balaban J connectivity index is 1.35. The molecule has 0 saturated heterocycles. The highest BCUT2D eigenvalue weighted by Crippen LogP contribution is 2.25. The fourth-order valence-corrected chi connectivity index (χ4v) is 5.55. The van der Waals surface area contributed by atoms with Gasteiger partial charge >= 0.3 is 0 Å². The number of ketones is 1. The number of aromatic amines is 1. The van der Waals surface area contributed by atoms with E-state index in [1.165, 1.54) is 11.3 Å². The molecular formula is C21H21N3O4S2. The number of nitrogens with one attached hydrogen (secondary N) is 3. The lowest BCUT2D eigenvalue weighted by Crippen LogP contribution is -2.25. The normalized spacial score (nSPS) is 13.8. The van der Waals surface area contributed by atoms with Crippen molar-refractivity contribution in [2.45, 2.75) is 29.9 Å². The monoisotopic (exact) mass is 443 g/mol. The number of carbonyl (C=O) groups is 2. The first-order valence-corrected chi connectivity index (χ1v) is 12.0. The van der Waals surface area contributed by atoms with Crippen molar-refractivity contribution < 1.29 is 18.0 Å². The number of aromatic nitrogens is 1. The molecular weight excluding hydrogens is 422 g/mol. The SMILES string of the molecule is O=C(Nc1ccc(CCNS(=O)(=O)c2cccs2)cc1)c1c[nH]c2c1C(=O)CCC2. The zero-order valence-corrected chi connectivity index (χ0v) is 17.7. The average Bonchev–Trinajstić information content (AvgIpc) is 3.40. The minimum Gasteiger partial charge on any atom is -0.364 e. The summed E-state index contributed by atoms with van der Waals surface area (Å²) in [5.41, 5.74) is 3.27. The van der Waals surface area contributed by atoms with Crippen molar-refractivity contribution in [2.75, 3.05) is 11.9 Å². The molecule has 0 saturated carbocycles. The Kier molecular flexibility index (Phi) is 5.85. The Morgan fingerprint density at radius 3 is 2.67 bits per heavy atom. The number of fused-ring (bicyclic) bond motifs is 1. The van der Waals surface area contributed by atoms with Crippen molar-refractivity contribution in [3.05, 3.63) is 70.4 Å². The van der Waals surface area contributed by atoms with E-state index in [0.29, 0.717) is 33.9 Å². The molecule has 0 unspecified atom stereocenters. The van der Waals surface area contributed by atoms with Gasteiger partial charge in [0.25, 0.3) is 5.91 Å². The molecule has 30 heavy (non-hydrogen) atoms. The largest absolute Gasteiger partial charge is 0.364 e. The van der Waals surface area contributed by atoms with Crippen LogP contribution in [0.15, 0.2) is 52.2 Å². The average molecular weight is 444 g/mol. The maximum Gasteiger partial charge on any atom is 0.257 e. The maximum absolute atomic E-state index is 12.6. The first-order valence-electron chi connectivity index (χ1n) is 9.61. The van der Waals surface area contributed by atoms with E-state index in [1.807, 2.05) is 12.1 Å². The molecule has 156 valence electrons. The van der Waals surface area contributed by atoms with Gasteiger partial charge in [0.2, 0.25) is 10.0 Å². The van der Waals surface area contributed by atoms with Gasteiger partial charge in [0.05, 0.1) is 11.1 Å². The molecule has 1 aliphatic carbocycles. The number of rotatable bonds is 7. The molecule has 1 aliphatic rings. The van der Waals surface area contributed by atoms with Crippen molar-refractivity contribution >= 4 is 38.7 Å². The lowest BCUT2D eigenvalue weighted by atomic mass is 9.93. The van der Waals surface area contributed by atoms with E-state index in [1.54, 1.807) is 35.8 Å². The smallest absolute Gasteiger partial charge is 0.257 e. The Morgan fingerprint density at radius 1 is 1.13 bits per heavy atom. The number of anilines is 1. The third kappa shape index (κ3) is 4.38. The molecule has 3 N–H and O–H groups in total. The standard InChI is InChI=1S/C21H21N3O4S2/c25-18-4-1-3-17-20(18)16(13-22-17)21(26)24-15-8-6-14(7-9-15)10-11-23-30(27,28)19-5-2-12-29-19/h2,5-9,12-13,22-23H,1,3-4,10-11H2,(H,24,26). The number of Topliss-reactive ketones (excluding diaryl/α,β-unsaturated/α-hetero) is 1. The van der Waals surface area contributed by atoms with E-state index in [9.17, 15) is 18.0 Å². The molecule has 0 atom stereocenters. The Hall–Kier alpha value is -2.75. The first kappa shape index (κ1) is 20.5. The molecule has 7 nitrogen and oxygen atoms in total. The Bertz CT molecular complexity index is 1160. The first-order chi connectivity index (χ1) is 14.4. The van der Waals surface area contributed by atoms with Crippen LogP contribution in [-0.2, 0) is 22.9 Å². The predicted octanol–water partition coefficient (Wildman–Crippen LogP) is 3.37. The zero-order chi connectivity index (χ0) is 21.1. The van der Waals surface area contributed by atoms with Gasteiger partial charge in [-0.2, -0.15) is 0 Å². The van der Waals surface area contributed by atoms with Crippen LogP contribution in [0.25, 0.3) is 0 Å². The molecule has 1 amide bonds. The lowest BCUT2D eigenvalue weighted by Gasteiger charge is -2.12. The van der Waals surface area contributed by atoms with Crippen LogP contribution < -0.4 is 10.0 Å². The quantitative estimate of drug-likeness (QED) is 0.520. The fraction of sp³-hybridized carbons (Fsp3) is 0.238. The number of benzene rings is 1. The third-order valence-corrected chi connectivity index (χ3v) is 7.85. The van der Waals surface area contributed by atoms with E-state index in [4.69, 9.17) is 0 Å². The zero-order valence-electron chi connectivity index (χ0n) is 16.1. The highest BCUT2D eigenvalue weighted by Gasteiger charge is 2.25. The summed E-state index contributed by atoms with van der Waals surface area (Å²) in [6, 6.07) is 10.5. The number of hydrogen-bond acceptors (Lipinski definition) is 5. The van der Waals surface area contributed by atoms with Gasteiger partial charge in [0.1, 0.15) is 4.21 Å². The van der Waals surface area contributed by atoms with E-state index in [0.717, 1.165) is 24.1 Å². The summed E-state index contributed by atoms with van der Waals surface area (Å²) >= 11 is 1.18. The summed E-state index contributed by atoms with van der Waals surface area (Å²) in [6.45, 7) is 0.281. The van der Waals surface area contributed by atoms with E-state index >= 15 is 0 Å². The summed E-state index contributed by atoms with van der Waals surface area (Å²) in [6.07, 6.45) is 4.17. The second-order valence-electron chi connectivity index (χ2n) is 7.06. The van der Waals surface area contributed by atoms with Gasteiger partial charge < -0.3 is 10.3 Å². The molecule has 2 heterocycles. The van der Waals surface area contributed by atoms with E-state index < -0.39 is 10.0 Å². The highest BCUT2D eigenvalue weighted by atomic mass is 32.2. The van der Waals surface area contributed by atoms with Crippen LogP contribution in [0, 0.1) is 0 Å². The van der Waals surface area contributed by atoms with Crippen molar-refractivity contribution in [2.24, 2.45) is 0 Å². The van der Waals surface area contributed by atoms with Gasteiger partial charge in [0, 0.05) is 30.5 Å². The van der Waals surface area contributed by atoms with Gasteiger partial charge in [-0.1, -0.05) is 18.2 Å². The van der Waals surface area contributed by atoms with Crippen LogP contribution in [0.4, 0.5) is 5.69 Å². The number of sulfonamides is 1. The number of carbonyl (C=O) groups excluding carboxylic acids is 2. The molecule has 0 fully saturated rings. The second kappa shape index (κ2) is 8.55. The maximum atomic E-state index is 12.6. The summed E-state index contributed by atoms with van der Waals surface area (Å²) < 4.78 is 27.1. The van der Waals surface area contributed by atoms with Crippen LogP contribution in [0.5, 0.6) is 0 Å². The van der Waals surface area contributed by atoms with E-state index in [2.05, 4.69) is 15.0 Å². The topological polar surface area (TPSA) is 108 Å². The molecule has 1 aromatic carbocycles. The van der Waals surface area contributed by atoms with Crippen molar-refractivity contribution in [1.82, 2.24) is 9.71 Å². The van der Waals surface area contributed by atoms with Crippen LogP contribution in [0.2, 0.25) is 0 Å². The molecule has 9 heteroatoms. The minimum atomic E-state index is -3.47.